The number of hydrogen-bond acceptors (Lipinski definition) is 6. The molecule has 8 nitrogen and oxygen atoms in total. The van der Waals surface area contributed by atoms with Gasteiger partial charge in [0.2, 0.25) is 10.0 Å². The highest BCUT2D eigenvalue weighted by molar-refractivity contribution is 7.89. The largest absolute Gasteiger partial charge is 0.497 e. The maximum atomic E-state index is 12.6. The molecule has 2 aliphatic rings. The molecule has 1 aromatic heterocycles. The second-order valence-corrected chi connectivity index (χ2v) is 8.83. The topological polar surface area (TPSA) is 101 Å². The highest BCUT2D eigenvalue weighted by Gasteiger charge is 2.36. The maximum absolute atomic E-state index is 12.6. The van der Waals surface area contributed by atoms with Gasteiger partial charge in [0.05, 0.1) is 19.0 Å². The van der Waals surface area contributed by atoms with Crippen LogP contribution in [-0.2, 0) is 10.0 Å². The third-order valence-electron chi connectivity index (χ3n) is 5.32. The normalized spacial score (nSPS) is 21.6. The molecule has 0 aliphatic carbocycles. The Morgan fingerprint density at radius 1 is 1.21 bits per heavy atom. The van der Waals surface area contributed by atoms with Crippen molar-refractivity contribution in [1.29, 1.82) is 0 Å². The molecule has 1 aromatic carbocycles. The van der Waals surface area contributed by atoms with Crippen LogP contribution in [0.4, 0.5) is 5.69 Å². The molecule has 0 bridgehead atoms. The van der Waals surface area contributed by atoms with Crippen LogP contribution in [0.25, 0.3) is 0 Å². The number of anilines is 1. The Balaban J connectivity index is 1.45. The second-order valence-electron chi connectivity index (χ2n) is 7.15. The van der Waals surface area contributed by atoms with Crippen LogP contribution < -0.4 is 14.8 Å². The van der Waals surface area contributed by atoms with Crippen LogP contribution in [0.15, 0.2) is 39.6 Å². The number of hydrogen-bond donors (Lipinski definition) is 2. The highest BCUT2D eigenvalue weighted by Crippen LogP contribution is 2.33. The van der Waals surface area contributed by atoms with Crippen LogP contribution >= 0.6 is 0 Å². The number of piperidine rings is 1. The number of benzene rings is 1. The van der Waals surface area contributed by atoms with Gasteiger partial charge in [-0.3, -0.25) is 4.79 Å². The summed E-state index contributed by atoms with van der Waals surface area (Å²) in [4.78, 5) is 14.5. The fourth-order valence-corrected chi connectivity index (χ4v) is 5.13. The first-order valence-electron chi connectivity index (χ1n) is 9.20. The van der Waals surface area contributed by atoms with E-state index in [4.69, 9.17) is 9.15 Å². The molecule has 150 valence electrons. The summed E-state index contributed by atoms with van der Waals surface area (Å²) in [6.07, 6.45) is 0.947. The number of aryl methyl sites for hydroxylation is 1. The molecule has 0 saturated carbocycles. The SMILES string of the molecule is COc1ccc2c(c1)NC(C1CCN(C(=O)c3ccc(C)o3)CC1)NS2(=O)=O. The molecule has 2 N–H and O–H groups in total. The minimum Gasteiger partial charge on any atom is -0.497 e. The average molecular weight is 405 g/mol. The predicted octanol–water partition coefficient (Wildman–Crippen LogP) is 2.18. The fourth-order valence-electron chi connectivity index (χ4n) is 3.77. The molecule has 1 fully saturated rings. The average Bonchev–Trinajstić information content (AvgIpc) is 3.12. The van der Waals surface area contributed by atoms with E-state index in [2.05, 4.69) is 10.0 Å². The second kappa shape index (κ2) is 7.14. The third kappa shape index (κ3) is 3.47. The number of furan rings is 1. The summed E-state index contributed by atoms with van der Waals surface area (Å²) in [5, 5.41) is 3.28. The van der Waals surface area contributed by atoms with Crippen LogP contribution in [0, 0.1) is 12.8 Å². The lowest BCUT2D eigenvalue weighted by Crippen LogP contribution is -2.52. The number of carbonyl (C=O) groups excluding carboxylic acids is 1. The molecule has 9 heteroatoms. The molecule has 3 heterocycles. The van der Waals surface area contributed by atoms with E-state index >= 15 is 0 Å². The standard InChI is InChI=1S/C19H23N3O5S/c1-12-3-5-16(27-12)19(23)22-9-7-13(8-10-22)18-20-15-11-14(26-2)4-6-17(15)28(24,25)21-18/h3-6,11,13,18,20-21H,7-10H2,1-2H3. The van der Waals surface area contributed by atoms with Crippen molar-refractivity contribution < 1.29 is 22.4 Å². The van der Waals surface area contributed by atoms with Gasteiger partial charge in [-0.2, -0.15) is 4.72 Å². The van der Waals surface area contributed by atoms with Crippen molar-refractivity contribution in [2.24, 2.45) is 5.92 Å². The molecule has 1 atom stereocenters. The van der Waals surface area contributed by atoms with Gasteiger partial charge in [0.1, 0.15) is 16.4 Å². The molecule has 1 saturated heterocycles. The number of ether oxygens (including phenoxy) is 1. The molecule has 28 heavy (non-hydrogen) atoms. The summed E-state index contributed by atoms with van der Waals surface area (Å²) >= 11 is 0. The van der Waals surface area contributed by atoms with Crippen LogP contribution in [0.3, 0.4) is 0 Å². The first-order chi connectivity index (χ1) is 13.4. The lowest BCUT2D eigenvalue weighted by molar-refractivity contribution is 0.0646. The van der Waals surface area contributed by atoms with Crippen molar-refractivity contribution in [3.05, 3.63) is 41.9 Å². The van der Waals surface area contributed by atoms with Gasteiger partial charge in [-0.05, 0) is 49.9 Å². The molecule has 4 rings (SSSR count). The van der Waals surface area contributed by atoms with Crippen LogP contribution in [0.5, 0.6) is 5.75 Å². The van der Waals surface area contributed by atoms with Gasteiger partial charge >= 0.3 is 0 Å². The van der Waals surface area contributed by atoms with Gasteiger partial charge in [-0.1, -0.05) is 0 Å². The molecule has 0 radical (unpaired) electrons. The van der Waals surface area contributed by atoms with Crippen molar-refractivity contribution in [2.75, 3.05) is 25.5 Å². The van der Waals surface area contributed by atoms with E-state index in [0.717, 1.165) is 0 Å². The Labute approximate surface area is 163 Å². The molecule has 1 amide bonds. The van der Waals surface area contributed by atoms with Crippen LogP contribution in [0.2, 0.25) is 0 Å². The Kier molecular flexibility index (Phi) is 4.80. The fraction of sp³-hybridized carbons (Fsp3) is 0.421. The predicted molar refractivity (Wildman–Crippen MR) is 103 cm³/mol. The maximum Gasteiger partial charge on any atom is 0.289 e. The van der Waals surface area contributed by atoms with Gasteiger partial charge in [-0.15, -0.1) is 0 Å². The van der Waals surface area contributed by atoms with Crippen LogP contribution in [0.1, 0.15) is 29.2 Å². The first kappa shape index (κ1) is 18.8. The Morgan fingerprint density at radius 3 is 2.61 bits per heavy atom. The summed E-state index contributed by atoms with van der Waals surface area (Å²) < 4.78 is 38.6. The zero-order chi connectivity index (χ0) is 19.9. The van der Waals surface area contributed by atoms with Gasteiger partial charge < -0.3 is 19.4 Å². The minimum atomic E-state index is -3.60. The zero-order valence-corrected chi connectivity index (χ0v) is 16.6. The number of methoxy groups -OCH3 is 1. The number of nitrogens with one attached hydrogen (secondary N) is 2. The highest BCUT2D eigenvalue weighted by atomic mass is 32.2. The summed E-state index contributed by atoms with van der Waals surface area (Å²) in [5.74, 6) is 1.58. The number of sulfonamides is 1. The Bertz CT molecular complexity index is 993. The lowest BCUT2D eigenvalue weighted by Gasteiger charge is -2.38. The van der Waals surface area contributed by atoms with Crippen LogP contribution in [-0.4, -0.2) is 45.6 Å². The summed E-state index contributed by atoms with van der Waals surface area (Å²) in [7, 11) is -2.06. The smallest absolute Gasteiger partial charge is 0.289 e. The zero-order valence-electron chi connectivity index (χ0n) is 15.8. The monoisotopic (exact) mass is 405 g/mol. The van der Waals surface area contributed by atoms with E-state index in [1.807, 2.05) is 0 Å². The number of nitrogens with zero attached hydrogens (tertiary/aromatic N) is 1. The van der Waals surface area contributed by atoms with E-state index in [1.165, 1.54) is 6.07 Å². The number of rotatable bonds is 3. The van der Waals surface area contributed by atoms with E-state index in [1.54, 1.807) is 43.2 Å². The summed E-state index contributed by atoms with van der Waals surface area (Å²) in [6.45, 7) is 2.90. The summed E-state index contributed by atoms with van der Waals surface area (Å²) in [5.41, 5.74) is 0.535. The third-order valence-corrected chi connectivity index (χ3v) is 6.82. The Morgan fingerprint density at radius 2 is 1.96 bits per heavy atom. The molecule has 0 spiro atoms. The minimum absolute atomic E-state index is 0.0662. The summed E-state index contributed by atoms with van der Waals surface area (Å²) in [6, 6.07) is 8.31. The number of carbonyl (C=O) groups is 1. The van der Waals surface area contributed by atoms with Crippen molar-refractivity contribution >= 4 is 21.6 Å². The molecular weight excluding hydrogens is 382 g/mol. The van der Waals surface area contributed by atoms with Gasteiger partial charge in [0.15, 0.2) is 5.76 Å². The Hall–Kier alpha value is -2.52. The van der Waals surface area contributed by atoms with Crippen molar-refractivity contribution in [1.82, 2.24) is 9.62 Å². The first-order valence-corrected chi connectivity index (χ1v) is 10.7. The molecular formula is C19H23N3O5S. The molecule has 1 unspecified atom stereocenters. The van der Waals surface area contributed by atoms with E-state index in [9.17, 15) is 13.2 Å². The van der Waals surface area contributed by atoms with E-state index < -0.39 is 16.2 Å². The van der Waals surface area contributed by atoms with E-state index in [0.29, 0.717) is 48.9 Å². The van der Waals surface area contributed by atoms with Gasteiger partial charge in [-0.25, -0.2) is 8.42 Å². The van der Waals surface area contributed by atoms with Crippen molar-refractivity contribution in [2.45, 2.75) is 30.8 Å². The molecule has 2 aromatic rings. The number of amides is 1. The number of fused-ring (bicyclic) bond motifs is 1. The van der Waals surface area contributed by atoms with Gasteiger partial charge in [0.25, 0.3) is 5.91 Å². The van der Waals surface area contributed by atoms with Crippen molar-refractivity contribution in [3.8, 4) is 5.75 Å². The van der Waals surface area contributed by atoms with Gasteiger partial charge in [0, 0.05) is 19.2 Å². The van der Waals surface area contributed by atoms with E-state index in [-0.39, 0.29) is 16.7 Å². The number of likely N-dealkylation sites (tertiary alicyclic amines) is 1. The van der Waals surface area contributed by atoms with Crippen molar-refractivity contribution in [3.63, 3.8) is 0 Å². The quantitative estimate of drug-likeness (QED) is 0.812. The molecule has 2 aliphatic heterocycles. The lowest BCUT2D eigenvalue weighted by atomic mass is 9.93.